The van der Waals surface area contributed by atoms with E-state index in [0.717, 1.165) is 11.4 Å². The lowest BCUT2D eigenvalue weighted by atomic mass is 10.1. The topological polar surface area (TPSA) is 116 Å². The number of aromatic nitrogens is 4. The zero-order valence-corrected chi connectivity index (χ0v) is 13.2. The molecule has 4 N–H and O–H groups in total. The number of nitrogens with one attached hydrogen (secondary N) is 4. The third kappa shape index (κ3) is 3.49. The molecule has 1 aromatic carbocycles. The van der Waals surface area contributed by atoms with Gasteiger partial charge in [-0.15, -0.1) is 0 Å². The van der Waals surface area contributed by atoms with Crippen LogP contribution in [-0.4, -0.2) is 32.2 Å². The molecule has 0 aliphatic carbocycles. The maximum Gasteiger partial charge on any atom is 0.256 e. The van der Waals surface area contributed by atoms with Gasteiger partial charge in [-0.3, -0.25) is 19.8 Å². The Morgan fingerprint density at radius 3 is 1.46 bits per heavy atom. The smallest absolute Gasteiger partial charge is 0.256 e. The van der Waals surface area contributed by atoms with Gasteiger partial charge in [0.1, 0.15) is 0 Å². The first-order valence-electron chi connectivity index (χ1n) is 7.28. The second kappa shape index (κ2) is 6.37. The maximum absolute atomic E-state index is 12.1. The van der Waals surface area contributed by atoms with Crippen LogP contribution in [0.1, 0.15) is 32.1 Å². The molecule has 122 valence electrons. The van der Waals surface area contributed by atoms with E-state index in [1.807, 2.05) is 13.8 Å². The van der Waals surface area contributed by atoms with Gasteiger partial charge in [-0.25, -0.2) is 0 Å². The van der Waals surface area contributed by atoms with E-state index < -0.39 is 0 Å². The van der Waals surface area contributed by atoms with Crippen molar-refractivity contribution in [1.82, 2.24) is 20.4 Å². The van der Waals surface area contributed by atoms with Gasteiger partial charge in [0.15, 0.2) is 11.6 Å². The first-order valence-corrected chi connectivity index (χ1v) is 7.28. The summed E-state index contributed by atoms with van der Waals surface area (Å²) in [6.45, 7) is 3.69. The van der Waals surface area contributed by atoms with Gasteiger partial charge in [0.2, 0.25) is 0 Å². The minimum atomic E-state index is -0.295. The summed E-state index contributed by atoms with van der Waals surface area (Å²) >= 11 is 0. The van der Waals surface area contributed by atoms with Gasteiger partial charge in [0.25, 0.3) is 11.8 Å². The molecular weight excluding hydrogens is 308 g/mol. The molecule has 2 aromatic heterocycles. The lowest BCUT2D eigenvalue weighted by molar-refractivity contribution is 0.101. The van der Waals surface area contributed by atoms with Crippen LogP contribution in [0.3, 0.4) is 0 Å². The first-order chi connectivity index (χ1) is 11.5. The van der Waals surface area contributed by atoms with Crippen LogP contribution in [-0.2, 0) is 0 Å². The molecule has 0 unspecified atom stereocenters. The lowest BCUT2D eigenvalue weighted by Crippen LogP contribution is -2.14. The molecule has 3 rings (SSSR count). The Balaban J connectivity index is 1.66. The van der Waals surface area contributed by atoms with Gasteiger partial charge in [-0.05, 0) is 38.1 Å². The molecule has 2 amide bonds. The summed E-state index contributed by atoms with van der Waals surface area (Å²) in [6, 6.07) is 9.79. The highest BCUT2D eigenvalue weighted by Gasteiger charge is 2.11. The van der Waals surface area contributed by atoms with Gasteiger partial charge in [0.05, 0.1) is 0 Å². The molecule has 0 aliphatic rings. The lowest BCUT2D eigenvalue weighted by Gasteiger charge is -2.04. The van der Waals surface area contributed by atoms with Gasteiger partial charge in [0, 0.05) is 34.6 Å². The van der Waals surface area contributed by atoms with Crippen molar-refractivity contribution in [3.8, 4) is 0 Å². The number of carbonyl (C=O) groups excluding carboxylic acids is 2. The average Bonchev–Trinajstić information content (AvgIpc) is 3.15. The Morgan fingerprint density at radius 1 is 0.792 bits per heavy atom. The van der Waals surface area contributed by atoms with E-state index in [-0.39, 0.29) is 11.8 Å². The van der Waals surface area contributed by atoms with Crippen molar-refractivity contribution in [1.29, 1.82) is 0 Å². The quantitative estimate of drug-likeness (QED) is 0.589. The summed E-state index contributed by atoms with van der Waals surface area (Å²) in [5.41, 5.74) is 2.57. The van der Waals surface area contributed by atoms with Crippen LogP contribution < -0.4 is 10.6 Å². The van der Waals surface area contributed by atoms with E-state index in [4.69, 9.17) is 0 Å². The zero-order valence-electron chi connectivity index (χ0n) is 13.2. The van der Waals surface area contributed by atoms with E-state index >= 15 is 0 Å². The molecule has 0 bridgehead atoms. The van der Waals surface area contributed by atoms with E-state index in [2.05, 4.69) is 31.0 Å². The minimum Gasteiger partial charge on any atom is -0.305 e. The SMILES string of the molecule is Cc1cc(NC(=O)c2ccc(C(=O)Nc3cc(C)[nH]n3)cc2)n[nH]1. The second-order valence-electron chi connectivity index (χ2n) is 5.36. The fourth-order valence-corrected chi connectivity index (χ4v) is 2.11. The number of carbonyl (C=O) groups is 2. The molecule has 3 aromatic rings. The summed E-state index contributed by atoms with van der Waals surface area (Å²) in [5.74, 6) is 0.314. The van der Waals surface area contributed by atoms with Crippen LogP contribution in [0.25, 0.3) is 0 Å². The number of H-pyrrole nitrogens is 2. The summed E-state index contributed by atoms with van der Waals surface area (Å²) in [5, 5.41) is 18.7. The van der Waals surface area contributed by atoms with Crippen LogP contribution in [0, 0.1) is 13.8 Å². The van der Waals surface area contributed by atoms with Crippen LogP contribution in [0.4, 0.5) is 11.6 Å². The maximum atomic E-state index is 12.1. The largest absolute Gasteiger partial charge is 0.305 e. The van der Waals surface area contributed by atoms with Crippen molar-refractivity contribution in [3.63, 3.8) is 0 Å². The Hall–Kier alpha value is -3.42. The molecule has 0 fully saturated rings. The van der Waals surface area contributed by atoms with Crippen molar-refractivity contribution in [2.24, 2.45) is 0 Å². The van der Waals surface area contributed by atoms with Gasteiger partial charge in [-0.2, -0.15) is 10.2 Å². The third-order valence-electron chi connectivity index (χ3n) is 3.30. The molecule has 8 nitrogen and oxygen atoms in total. The normalized spacial score (nSPS) is 10.4. The van der Waals surface area contributed by atoms with Crippen LogP contribution >= 0.6 is 0 Å². The first kappa shape index (κ1) is 15.5. The highest BCUT2D eigenvalue weighted by atomic mass is 16.2. The number of aryl methyl sites for hydroxylation is 2. The predicted molar refractivity (Wildman–Crippen MR) is 89.0 cm³/mol. The molecule has 0 saturated heterocycles. The van der Waals surface area contributed by atoms with Gasteiger partial charge >= 0.3 is 0 Å². The predicted octanol–water partition coefficient (Wildman–Crippen LogP) is 2.25. The Bertz CT molecular complexity index is 805. The number of amides is 2. The molecule has 8 heteroatoms. The Morgan fingerprint density at radius 2 is 1.17 bits per heavy atom. The molecule has 24 heavy (non-hydrogen) atoms. The van der Waals surface area contributed by atoms with E-state index in [0.29, 0.717) is 22.8 Å². The van der Waals surface area contributed by atoms with Gasteiger partial charge < -0.3 is 10.6 Å². The standard InChI is InChI=1S/C16H16N6O2/c1-9-7-13(21-19-9)17-15(23)11-3-5-12(6-4-11)16(24)18-14-8-10(2)20-22-14/h3-8H,1-2H3,(H2,17,19,21,23)(H2,18,20,22,24). The minimum absolute atomic E-state index is 0.295. The zero-order chi connectivity index (χ0) is 17.1. The molecule has 0 radical (unpaired) electrons. The Labute approximate surface area is 137 Å². The molecule has 0 saturated carbocycles. The van der Waals surface area contributed by atoms with Crippen molar-refractivity contribution in [2.45, 2.75) is 13.8 Å². The monoisotopic (exact) mass is 324 g/mol. The van der Waals surface area contributed by atoms with E-state index in [1.54, 1.807) is 36.4 Å². The summed E-state index contributed by atoms with van der Waals surface area (Å²) in [4.78, 5) is 24.2. The van der Waals surface area contributed by atoms with Crippen LogP contribution in [0.2, 0.25) is 0 Å². The van der Waals surface area contributed by atoms with Gasteiger partial charge in [-0.1, -0.05) is 0 Å². The highest BCUT2D eigenvalue weighted by Crippen LogP contribution is 2.11. The highest BCUT2D eigenvalue weighted by molar-refractivity contribution is 6.06. The fraction of sp³-hybridized carbons (Fsp3) is 0.125. The van der Waals surface area contributed by atoms with Crippen molar-refractivity contribution in [3.05, 3.63) is 58.9 Å². The van der Waals surface area contributed by atoms with E-state index in [9.17, 15) is 9.59 Å². The summed E-state index contributed by atoms with van der Waals surface area (Å²) in [7, 11) is 0. The van der Waals surface area contributed by atoms with Crippen molar-refractivity contribution >= 4 is 23.5 Å². The van der Waals surface area contributed by atoms with Crippen LogP contribution in [0.15, 0.2) is 36.4 Å². The molecule has 0 spiro atoms. The number of benzene rings is 1. The number of anilines is 2. The Kier molecular flexibility index (Phi) is 4.11. The summed E-state index contributed by atoms with van der Waals surface area (Å²) in [6.07, 6.45) is 0. The molecule has 2 heterocycles. The average molecular weight is 324 g/mol. The number of hydrogen-bond acceptors (Lipinski definition) is 4. The van der Waals surface area contributed by atoms with Crippen molar-refractivity contribution in [2.75, 3.05) is 10.6 Å². The summed E-state index contributed by atoms with van der Waals surface area (Å²) < 4.78 is 0. The number of hydrogen-bond donors (Lipinski definition) is 4. The molecule has 0 atom stereocenters. The number of aromatic amines is 2. The third-order valence-corrected chi connectivity index (χ3v) is 3.30. The van der Waals surface area contributed by atoms with E-state index in [1.165, 1.54) is 0 Å². The molecule has 0 aliphatic heterocycles. The fourth-order valence-electron chi connectivity index (χ4n) is 2.11. The number of nitrogens with zero attached hydrogens (tertiary/aromatic N) is 2. The molecular formula is C16H16N6O2. The van der Waals surface area contributed by atoms with Crippen LogP contribution in [0.5, 0.6) is 0 Å². The van der Waals surface area contributed by atoms with Crippen molar-refractivity contribution < 1.29 is 9.59 Å². The number of rotatable bonds is 4. The second-order valence-corrected chi connectivity index (χ2v) is 5.36.